The van der Waals surface area contributed by atoms with Crippen molar-refractivity contribution in [2.75, 3.05) is 0 Å². The van der Waals surface area contributed by atoms with Gasteiger partial charge in [0.25, 0.3) is 0 Å². The van der Waals surface area contributed by atoms with Gasteiger partial charge in [-0.25, -0.2) is 4.57 Å². The molecule has 0 spiro atoms. The van der Waals surface area contributed by atoms with E-state index in [1.807, 2.05) is 0 Å². The van der Waals surface area contributed by atoms with E-state index in [1.165, 1.54) is 18.2 Å². The number of nitriles is 1. The molecule has 154 valence electrons. The third kappa shape index (κ3) is 2.31. The number of aromatic nitrogens is 1. The summed E-state index contributed by atoms with van der Waals surface area (Å²) < 4.78 is 5.83. The normalized spacial score (nSPS) is 27.0. The summed E-state index contributed by atoms with van der Waals surface area (Å²) in [5, 5.41) is 51.8. The Kier molecular flexibility index (Phi) is 4.11. The number of hydrogen-bond donors (Lipinski definition) is 4. The van der Waals surface area contributed by atoms with Crippen LogP contribution in [0.1, 0.15) is 69.3 Å². The molecular weight excluding hydrogens is 396 g/mol. The highest BCUT2D eigenvalue weighted by molar-refractivity contribution is 6.29. The molecule has 0 radical (unpaired) electrons. The number of hydrogen-bond acceptors (Lipinski definition) is 9. The summed E-state index contributed by atoms with van der Waals surface area (Å²) >= 11 is 0. The van der Waals surface area contributed by atoms with E-state index in [-0.39, 0.29) is 27.9 Å². The number of ketones is 2. The molecule has 0 saturated heterocycles. The third-order valence-electron chi connectivity index (χ3n) is 5.56. The first-order valence-electron chi connectivity index (χ1n) is 8.89. The first-order chi connectivity index (χ1) is 14.0. The second-order valence-electron chi connectivity index (χ2n) is 7.42. The van der Waals surface area contributed by atoms with Gasteiger partial charge in [0.2, 0.25) is 5.78 Å². The summed E-state index contributed by atoms with van der Waals surface area (Å²) in [7, 11) is 0. The minimum atomic E-state index is -2.24. The fraction of sp³-hybridized carbons (Fsp3) is 0.300. The zero-order chi connectivity index (χ0) is 22.1. The lowest BCUT2D eigenvalue weighted by Crippen LogP contribution is -2.53. The molecule has 4 rings (SSSR count). The van der Waals surface area contributed by atoms with Crippen LogP contribution in [0, 0.1) is 11.5 Å². The van der Waals surface area contributed by atoms with Gasteiger partial charge in [-0.2, -0.15) is 5.26 Å². The number of aliphatic hydroxyl groups is 3. The third-order valence-corrected chi connectivity index (χ3v) is 5.56. The van der Waals surface area contributed by atoms with Crippen molar-refractivity contribution in [1.29, 1.82) is 5.26 Å². The van der Waals surface area contributed by atoms with E-state index in [4.69, 9.17) is 4.74 Å². The number of ether oxygens (including phenoxy) is 1. The quantitative estimate of drug-likeness (QED) is 0.404. The van der Waals surface area contributed by atoms with Gasteiger partial charge in [0.05, 0.1) is 16.8 Å². The van der Waals surface area contributed by atoms with Gasteiger partial charge < -0.3 is 25.2 Å². The lowest BCUT2D eigenvalue weighted by molar-refractivity contribution is -0.202. The minimum Gasteiger partial charge on any atom is -0.507 e. The highest BCUT2D eigenvalue weighted by Crippen LogP contribution is 2.50. The standard InChI is InChI=1S/C20H16N2O8/c1-7(23)30-19-14-12(17(27)18(28)20(19,2)29)11-13(22(14)6-21)16(26)10-8(15(11)25)4-3-5-9(10)24/h3-5,17-19,24,27-29H,1-2H3. The number of aliphatic hydroxyl groups excluding tert-OH is 2. The van der Waals surface area contributed by atoms with E-state index >= 15 is 0 Å². The monoisotopic (exact) mass is 412 g/mol. The number of benzene rings is 1. The maximum absolute atomic E-state index is 13.2. The van der Waals surface area contributed by atoms with Crippen molar-refractivity contribution in [1.82, 2.24) is 4.57 Å². The molecule has 0 bridgehead atoms. The fourth-order valence-corrected chi connectivity index (χ4v) is 4.19. The Morgan fingerprint density at radius 1 is 1.23 bits per heavy atom. The molecule has 2 aliphatic carbocycles. The van der Waals surface area contributed by atoms with Crippen molar-refractivity contribution < 1.29 is 39.5 Å². The van der Waals surface area contributed by atoms with Gasteiger partial charge in [0.15, 0.2) is 18.1 Å². The summed E-state index contributed by atoms with van der Waals surface area (Å²) in [6.45, 7) is 2.13. The maximum atomic E-state index is 13.2. The van der Waals surface area contributed by atoms with Crippen LogP contribution in [-0.4, -0.2) is 54.2 Å². The van der Waals surface area contributed by atoms with Crippen molar-refractivity contribution in [3.05, 3.63) is 51.8 Å². The van der Waals surface area contributed by atoms with E-state index in [0.717, 1.165) is 13.8 Å². The number of carbonyl (C=O) groups excluding carboxylic acids is 3. The zero-order valence-electron chi connectivity index (χ0n) is 15.8. The van der Waals surface area contributed by atoms with Crippen LogP contribution in [0.25, 0.3) is 0 Å². The second kappa shape index (κ2) is 6.24. The number of fused-ring (bicyclic) bond motifs is 4. The summed E-state index contributed by atoms with van der Waals surface area (Å²) in [6.07, 6.45) is -3.72. The Bertz CT molecular complexity index is 1190. The second-order valence-corrected chi connectivity index (χ2v) is 7.42. The lowest BCUT2D eigenvalue weighted by atomic mass is 9.75. The number of phenols is 1. The molecule has 4 N–H and O–H groups in total. The minimum absolute atomic E-state index is 0.145. The van der Waals surface area contributed by atoms with Crippen LogP contribution < -0.4 is 0 Å². The Labute approximate surface area is 169 Å². The number of nitrogens with zero attached hydrogens (tertiary/aromatic N) is 2. The molecule has 1 heterocycles. The molecule has 1 aromatic carbocycles. The van der Waals surface area contributed by atoms with Crippen LogP contribution in [0.2, 0.25) is 0 Å². The van der Waals surface area contributed by atoms with Crippen LogP contribution in [0.5, 0.6) is 5.75 Å². The Balaban J connectivity index is 2.12. The van der Waals surface area contributed by atoms with E-state index in [1.54, 1.807) is 6.19 Å². The van der Waals surface area contributed by atoms with Crippen molar-refractivity contribution in [2.24, 2.45) is 0 Å². The Hall–Kier alpha value is -3.52. The van der Waals surface area contributed by atoms with Crippen LogP contribution in [0.15, 0.2) is 18.2 Å². The van der Waals surface area contributed by atoms with Gasteiger partial charge in [-0.15, -0.1) is 0 Å². The first kappa shape index (κ1) is 19.8. The molecule has 30 heavy (non-hydrogen) atoms. The molecule has 2 aromatic rings. The average molecular weight is 412 g/mol. The van der Waals surface area contributed by atoms with Crippen molar-refractivity contribution in [3.63, 3.8) is 0 Å². The molecule has 2 aliphatic rings. The van der Waals surface area contributed by atoms with Crippen LogP contribution >= 0.6 is 0 Å². The summed E-state index contributed by atoms with van der Waals surface area (Å²) in [5.74, 6) is -2.96. The van der Waals surface area contributed by atoms with Gasteiger partial charge >= 0.3 is 5.97 Å². The fourth-order valence-electron chi connectivity index (χ4n) is 4.19. The summed E-state index contributed by atoms with van der Waals surface area (Å²) in [6, 6.07) is 3.87. The number of rotatable bonds is 1. The molecule has 4 unspecified atom stereocenters. The number of esters is 1. The van der Waals surface area contributed by atoms with Crippen LogP contribution in [0.4, 0.5) is 0 Å². The zero-order valence-corrected chi connectivity index (χ0v) is 15.8. The Morgan fingerprint density at radius 2 is 1.90 bits per heavy atom. The van der Waals surface area contributed by atoms with Crippen LogP contribution in [-0.2, 0) is 9.53 Å². The molecule has 10 heteroatoms. The molecular formula is C20H16N2O8. The molecule has 1 aromatic heterocycles. The highest BCUT2D eigenvalue weighted by Gasteiger charge is 2.56. The predicted octanol–water partition coefficient (Wildman–Crippen LogP) is 0.0614. The molecule has 10 nitrogen and oxygen atoms in total. The molecule has 0 aliphatic heterocycles. The molecule has 0 saturated carbocycles. The van der Waals surface area contributed by atoms with E-state index in [9.17, 15) is 40.1 Å². The smallest absolute Gasteiger partial charge is 0.303 e. The van der Waals surface area contributed by atoms with Crippen LogP contribution in [0.3, 0.4) is 0 Å². The highest BCUT2D eigenvalue weighted by atomic mass is 16.6. The van der Waals surface area contributed by atoms with E-state index in [2.05, 4.69) is 0 Å². The first-order valence-corrected chi connectivity index (χ1v) is 8.89. The van der Waals surface area contributed by atoms with E-state index < -0.39 is 52.9 Å². The van der Waals surface area contributed by atoms with Gasteiger partial charge in [-0.3, -0.25) is 14.4 Å². The topological polar surface area (TPSA) is 170 Å². The van der Waals surface area contributed by atoms with Crippen molar-refractivity contribution in [2.45, 2.75) is 37.8 Å². The summed E-state index contributed by atoms with van der Waals surface area (Å²) in [5.41, 5.74) is -4.09. The molecule has 0 amide bonds. The number of aromatic hydroxyl groups is 1. The van der Waals surface area contributed by atoms with Gasteiger partial charge in [-0.1, -0.05) is 12.1 Å². The maximum Gasteiger partial charge on any atom is 0.303 e. The summed E-state index contributed by atoms with van der Waals surface area (Å²) in [4.78, 5) is 38.0. The van der Waals surface area contributed by atoms with Gasteiger partial charge in [0, 0.05) is 18.1 Å². The number of carbonyl (C=O) groups is 3. The van der Waals surface area contributed by atoms with Crippen molar-refractivity contribution >= 4 is 17.5 Å². The average Bonchev–Trinajstić information content (AvgIpc) is 3.03. The SMILES string of the molecule is CC(=O)OC1c2c(c3c(n2C#N)C(=O)c2c(O)cccc2C3=O)C(O)C(O)C1(C)O. The molecule has 0 fully saturated rings. The van der Waals surface area contributed by atoms with E-state index in [0.29, 0.717) is 4.57 Å². The van der Waals surface area contributed by atoms with Gasteiger partial charge in [0.1, 0.15) is 29.3 Å². The largest absolute Gasteiger partial charge is 0.507 e. The predicted molar refractivity (Wildman–Crippen MR) is 96.5 cm³/mol. The molecule has 4 atom stereocenters. The van der Waals surface area contributed by atoms with Gasteiger partial charge in [-0.05, 0) is 13.0 Å². The lowest BCUT2D eigenvalue weighted by Gasteiger charge is -2.42. The van der Waals surface area contributed by atoms with Crippen molar-refractivity contribution in [3.8, 4) is 11.9 Å². The Morgan fingerprint density at radius 3 is 2.50 bits per heavy atom. The number of phenolic OH excluding ortho intramolecular Hbond substituents is 1.